The summed E-state index contributed by atoms with van der Waals surface area (Å²) in [5, 5.41) is 0. The molecule has 0 radical (unpaired) electrons. The van der Waals surface area contributed by atoms with Gasteiger partial charge in [-0.1, -0.05) is 30.3 Å². The minimum absolute atomic E-state index is 0.362. The predicted molar refractivity (Wildman–Crippen MR) is 68.1 cm³/mol. The number of rotatable bonds is 7. The van der Waals surface area contributed by atoms with Crippen LogP contribution >= 0.6 is 10.7 Å². The Morgan fingerprint density at radius 1 is 1.29 bits per heavy atom. The minimum Gasteiger partial charge on any atom is -0.377 e. The average molecular weight is 278 g/mol. The summed E-state index contributed by atoms with van der Waals surface area (Å²) in [6.45, 7) is 1.41. The SMILES string of the molecule is CN(CCCOCc1ccccc1)S(=O)(=O)Cl. The van der Waals surface area contributed by atoms with Gasteiger partial charge in [0, 0.05) is 30.9 Å². The lowest BCUT2D eigenvalue weighted by molar-refractivity contribution is 0.116. The van der Waals surface area contributed by atoms with Crippen molar-refractivity contribution < 1.29 is 13.2 Å². The zero-order chi connectivity index (χ0) is 12.7. The van der Waals surface area contributed by atoms with E-state index in [4.69, 9.17) is 15.4 Å². The lowest BCUT2D eigenvalue weighted by Gasteiger charge is -2.11. The number of benzene rings is 1. The van der Waals surface area contributed by atoms with E-state index in [0.29, 0.717) is 26.2 Å². The van der Waals surface area contributed by atoms with E-state index in [1.165, 1.54) is 7.05 Å². The van der Waals surface area contributed by atoms with Crippen LogP contribution in [-0.4, -0.2) is 32.9 Å². The molecular formula is C11H16ClNO3S. The molecule has 4 nitrogen and oxygen atoms in total. The predicted octanol–water partition coefficient (Wildman–Crippen LogP) is 2.01. The number of nitrogens with zero attached hydrogens (tertiary/aromatic N) is 1. The molecule has 6 heteroatoms. The van der Waals surface area contributed by atoms with Crippen molar-refractivity contribution >= 4 is 19.9 Å². The fourth-order valence-electron chi connectivity index (χ4n) is 1.26. The number of halogens is 1. The number of ether oxygens (including phenoxy) is 1. The molecule has 0 fully saturated rings. The summed E-state index contributed by atoms with van der Waals surface area (Å²) >= 11 is 0. The Bertz CT molecular complexity index is 422. The maximum absolute atomic E-state index is 10.9. The Labute approximate surface area is 107 Å². The Hall–Kier alpha value is -0.620. The lowest BCUT2D eigenvalue weighted by atomic mass is 10.2. The lowest BCUT2D eigenvalue weighted by Crippen LogP contribution is -2.24. The molecular weight excluding hydrogens is 262 g/mol. The van der Waals surface area contributed by atoms with Gasteiger partial charge in [0.25, 0.3) is 9.24 Å². The van der Waals surface area contributed by atoms with Gasteiger partial charge in [-0.05, 0) is 12.0 Å². The zero-order valence-corrected chi connectivity index (χ0v) is 11.2. The van der Waals surface area contributed by atoms with Crippen LogP contribution in [-0.2, 0) is 20.6 Å². The van der Waals surface area contributed by atoms with Crippen LogP contribution in [0.1, 0.15) is 12.0 Å². The van der Waals surface area contributed by atoms with Crippen molar-refractivity contribution in [3.63, 3.8) is 0 Å². The molecule has 0 aliphatic heterocycles. The van der Waals surface area contributed by atoms with Gasteiger partial charge in [-0.3, -0.25) is 0 Å². The summed E-state index contributed by atoms with van der Waals surface area (Å²) in [4.78, 5) is 0. The van der Waals surface area contributed by atoms with E-state index < -0.39 is 9.24 Å². The highest BCUT2D eigenvalue weighted by atomic mass is 35.7. The van der Waals surface area contributed by atoms with Crippen molar-refractivity contribution in [1.29, 1.82) is 0 Å². The molecule has 0 N–H and O–H groups in total. The van der Waals surface area contributed by atoms with E-state index >= 15 is 0 Å². The third-order valence-electron chi connectivity index (χ3n) is 2.25. The van der Waals surface area contributed by atoms with E-state index in [9.17, 15) is 8.42 Å². The Morgan fingerprint density at radius 2 is 1.94 bits per heavy atom. The van der Waals surface area contributed by atoms with Crippen LogP contribution in [0.15, 0.2) is 30.3 Å². The van der Waals surface area contributed by atoms with Crippen LogP contribution in [0.4, 0.5) is 0 Å². The summed E-state index contributed by atoms with van der Waals surface area (Å²) in [5.41, 5.74) is 1.10. The van der Waals surface area contributed by atoms with E-state index in [0.717, 1.165) is 9.87 Å². The van der Waals surface area contributed by atoms with Gasteiger partial charge in [0.1, 0.15) is 0 Å². The van der Waals surface area contributed by atoms with E-state index in [-0.39, 0.29) is 0 Å². The molecule has 0 heterocycles. The smallest absolute Gasteiger partial charge is 0.299 e. The summed E-state index contributed by atoms with van der Waals surface area (Å²) < 4.78 is 28.2. The van der Waals surface area contributed by atoms with Crippen LogP contribution in [0, 0.1) is 0 Å². The first-order valence-electron chi connectivity index (χ1n) is 5.28. The highest BCUT2D eigenvalue weighted by Crippen LogP contribution is 2.04. The fraction of sp³-hybridized carbons (Fsp3) is 0.455. The highest BCUT2D eigenvalue weighted by molar-refractivity contribution is 8.11. The first-order valence-corrected chi connectivity index (χ1v) is 7.54. The first-order chi connectivity index (χ1) is 8.00. The van der Waals surface area contributed by atoms with Gasteiger partial charge in [0.2, 0.25) is 0 Å². The second-order valence-electron chi connectivity index (χ2n) is 3.66. The van der Waals surface area contributed by atoms with E-state index in [1.807, 2.05) is 30.3 Å². The molecule has 17 heavy (non-hydrogen) atoms. The summed E-state index contributed by atoms with van der Waals surface area (Å²) in [5.74, 6) is 0. The van der Waals surface area contributed by atoms with Crippen LogP contribution in [0.2, 0.25) is 0 Å². The van der Waals surface area contributed by atoms with Crippen molar-refractivity contribution in [2.45, 2.75) is 13.0 Å². The minimum atomic E-state index is -3.59. The summed E-state index contributed by atoms with van der Waals surface area (Å²) in [6, 6.07) is 9.81. The van der Waals surface area contributed by atoms with E-state index in [2.05, 4.69) is 0 Å². The second-order valence-corrected chi connectivity index (χ2v) is 6.27. The topological polar surface area (TPSA) is 46.6 Å². The first kappa shape index (κ1) is 14.4. The molecule has 0 bridgehead atoms. The molecule has 0 atom stereocenters. The Kier molecular flexibility index (Phi) is 5.91. The van der Waals surface area contributed by atoms with Gasteiger partial charge in [-0.25, -0.2) is 0 Å². The van der Waals surface area contributed by atoms with Gasteiger partial charge in [0.05, 0.1) is 6.61 Å². The van der Waals surface area contributed by atoms with Crippen molar-refractivity contribution in [3.05, 3.63) is 35.9 Å². The maximum Gasteiger partial charge on any atom is 0.299 e. The van der Waals surface area contributed by atoms with Crippen molar-refractivity contribution in [2.75, 3.05) is 20.2 Å². The molecule has 1 aromatic rings. The van der Waals surface area contributed by atoms with Gasteiger partial charge in [-0.2, -0.15) is 12.7 Å². The Balaban J connectivity index is 2.14. The molecule has 0 spiro atoms. The van der Waals surface area contributed by atoms with Crippen LogP contribution < -0.4 is 0 Å². The van der Waals surface area contributed by atoms with Crippen molar-refractivity contribution in [3.8, 4) is 0 Å². The highest BCUT2D eigenvalue weighted by Gasteiger charge is 2.12. The molecule has 0 saturated carbocycles. The van der Waals surface area contributed by atoms with Gasteiger partial charge >= 0.3 is 0 Å². The van der Waals surface area contributed by atoms with Crippen LogP contribution in [0.25, 0.3) is 0 Å². The number of hydrogen-bond acceptors (Lipinski definition) is 3. The zero-order valence-electron chi connectivity index (χ0n) is 9.67. The maximum atomic E-state index is 10.9. The van der Waals surface area contributed by atoms with E-state index in [1.54, 1.807) is 0 Å². The van der Waals surface area contributed by atoms with Crippen LogP contribution in [0.5, 0.6) is 0 Å². The molecule has 0 aliphatic carbocycles. The monoisotopic (exact) mass is 277 g/mol. The molecule has 0 aliphatic rings. The van der Waals surface area contributed by atoms with Gasteiger partial charge in [-0.15, -0.1) is 0 Å². The normalized spacial score (nSPS) is 11.9. The second kappa shape index (κ2) is 6.96. The summed E-state index contributed by atoms with van der Waals surface area (Å²) in [6.07, 6.45) is 0.620. The third-order valence-corrected chi connectivity index (χ3v) is 3.88. The largest absolute Gasteiger partial charge is 0.377 e. The molecule has 0 unspecified atom stereocenters. The average Bonchev–Trinajstić information content (AvgIpc) is 2.28. The standard InChI is InChI=1S/C11H16ClNO3S/c1-13(17(12,14)15)8-5-9-16-10-11-6-3-2-4-7-11/h2-4,6-7H,5,8-10H2,1H3. The van der Waals surface area contributed by atoms with Crippen molar-refractivity contribution in [2.24, 2.45) is 0 Å². The molecule has 1 rings (SSSR count). The molecule has 96 valence electrons. The Morgan fingerprint density at radius 3 is 2.53 bits per heavy atom. The van der Waals surface area contributed by atoms with Gasteiger partial charge in [0.15, 0.2) is 0 Å². The quantitative estimate of drug-likeness (QED) is 0.566. The van der Waals surface area contributed by atoms with Crippen molar-refractivity contribution in [1.82, 2.24) is 4.31 Å². The molecule has 1 aromatic carbocycles. The van der Waals surface area contributed by atoms with Gasteiger partial charge < -0.3 is 4.74 Å². The molecule has 0 saturated heterocycles. The summed E-state index contributed by atoms with van der Waals surface area (Å²) in [7, 11) is 3.00. The molecule has 0 aromatic heterocycles. The molecule has 0 amide bonds. The third kappa shape index (κ3) is 6.02. The fourth-order valence-corrected chi connectivity index (χ4v) is 1.82. The number of hydrogen-bond donors (Lipinski definition) is 0. The van der Waals surface area contributed by atoms with Crippen LogP contribution in [0.3, 0.4) is 0 Å².